The van der Waals surface area contributed by atoms with Crippen LogP contribution in [0.15, 0.2) is 72.9 Å². The van der Waals surface area contributed by atoms with E-state index in [-0.39, 0.29) is 11.9 Å². The molecule has 0 saturated carbocycles. The van der Waals surface area contributed by atoms with E-state index in [1.165, 1.54) is 0 Å². The van der Waals surface area contributed by atoms with Gasteiger partial charge in [-0.1, -0.05) is 54.1 Å². The number of carbonyl (C=O) groups excluding carboxylic acids is 1. The zero-order valence-corrected chi connectivity index (χ0v) is 14.5. The minimum atomic E-state index is -0.152. The number of halogens is 1. The Morgan fingerprint density at radius 3 is 2.52 bits per heavy atom. The van der Waals surface area contributed by atoms with Crippen LogP contribution in [0.25, 0.3) is 0 Å². The molecule has 2 N–H and O–H groups in total. The summed E-state index contributed by atoms with van der Waals surface area (Å²) < 4.78 is 0. The molecule has 2 aromatic carbocycles. The lowest BCUT2D eigenvalue weighted by Gasteiger charge is -2.15. The van der Waals surface area contributed by atoms with Crippen LogP contribution in [-0.2, 0) is 0 Å². The molecule has 1 amide bonds. The van der Waals surface area contributed by atoms with Crippen LogP contribution in [0.5, 0.6) is 0 Å². The summed E-state index contributed by atoms with van der Waals surface area (Å²) in [7, 11) is 0. The molecule has 0 fully saturated rings. The molecule has 1 heterocycles. The van der Waals surface area contributed by atoms with Crippen LogP contribution in [0.1, 0.15) is 28.9 Å². The van der Waals surface area contributed by atoms with Gasteiger partial charge in [-0.2, -0.15) is 0 Å². The smallest absolute Gasteiger partial charge is 0.251 e. The van der Waals surface area contributed by atoms with E-state index in [1.807, 2.05) is 55.5 Å². The quantitative estimate of drug-likeness (QED) is 0.682. The van der Waals surface area contributed by atoms with Crippen molar-refractivity contribution in [3.63, 3.8) is 0 Å². The number of benzene rings is 2. The fraction of sp³-hybridized carbons (Fsp3) is 0.100. The molecule has 1 aromatic heterocycles. The third kappa shape index (κ3) is 4.37. The van der Waals surface area contributed by atoms with E-state index in [9.17, 15) is 4.79 Å². The molecule has 4 nitrogen and oxygen atoms in total. The summed E-state index contributed by atoms with van der Waals surface area (Å²) in [5, 5.41) is 6.72. The highest BCUT2D eigenvalue weighted by molar-refractivity contribution is 6.33. The van der Waals surface area contributed by atoms with Gasteiger partial charge < -0.3 is 10.6 Å². The van der Waals surface area contributed by atoms with E-state index in [1.54, 1.807) is 24.4 Å². The number of hydrogen-bond acceptors (Lipinski definition) is 3. The largest absolute Gasteiger partial charge is 0.346 e. The monoisotopic (exact) mass is 351 g/mol. The fourth-order valence-electron chi connectivity index (χ4n) is 2.45. The van der Waals surface area contributed by atoms with Crippen molar-refractivity contribution in [2.24, 2.45) is 0 Å². The predicted octanol–water partition coefficient (Wildman–Crippen LogP) is 4.97. The predicted molar refractivity (Wildman–Crippen MR) is 101 cm³/mol. The first-order chi connectivity index (χ1) is 12.1. The van der Waals surface area contributed by atoms with Crippen LogP contribution in [0.4, 0.5) is 11.5 Å². The number of amides is 1. The lowest BCUT2D eigenvalue weighted by Crippen LogP contribution is -2.26. The van der Waals surface area contributed by atoms with Gasteiger partial charge in [0.05, 0.1) is 16.8 Å². The van der Waals surface area contributed by atoms with Crippen LogP contribution < -0.4 is 10.6 Å². The van der Waals surface area contributed by atoms with Gasteiger partial charge in [0.25, 0.3) is 5.91 Å². The van der Waals surface area contributed by atoms with Crippen LogP contribution in [0.3, 0.4) is 0 Å². The van der Waals surface area contributed by atoms with Crippen molar-refractivity contribution < 1.29 is 4.79 Å². The number of para-hydroxylation sites is 1. The molecule has 0 aliphatic heterocycles. The summed E-state index contributed by atoms with van der Waals surface area (Å²) in [5.74, 6) is 0.411. The van der Waals surface area contributed by atoms with E-state index in [2.05, 4.69) is 15.6 Å². The second-order valence-electron chi connectivity index (χ2n) is 5.64. The van der Waals surface area contributed by atoms with E-state index in [0.29, 0.717) is 16.4 Å². The molecule has 126 valence electrons. The second-order valence-corrected chi connectivity index (χ2v) is 6.05. The Balaban J connectivity index is 1.72. The van der Waals surface area contributed by atoms with Gasteiger partial charge in [-0.05, 0) is 36.8 Å². The lowest BCUT2D eigenvalue weighted by atomic mass is 10.1. The number of nitrogens with zero attached hydrogens (tertiary/aromatic N) is 1. The molecule has 0 aliphatic rings. The maximum absolute atomic E-state index is 12.5. The molecule has 1 unspecified atom stereocenters. The van der Waals surface area contributed by atoms with Gasteiger partial charge in [0.15, 0.2) is 0 Å². The fourth-order valence-corrected chi connectivity index (χ4v) is 2.63. The minimum absolute atomic E-state index is 0.0816. The van der Waals surface area contributed by atoms with Crippen molar-refractivity contribution in [1.29, 1.82) is 0 Å². The molecule has 1 atom stereocenters. The Morgan fingerprint density at radius 2 is 1.76 bits per heavy atom. The molecule has 3 aromatic rings. The van der Waals surface area contributed by atoms with Crippen LogP contribution in [-0.4, -0.2) is 10.9 Å². The second kappa shape index (κ2) is 7.81. The van der Waals surface area contributed by atoms with Crippen LogP contribution in [0, 0.1) is 0 Å². The summed E-state index contributed by atoms with van der Waals surface area (Å²) in [6.45, 7) is 1.96. The summed E-state index contributed by atoms with van der Waals surface area (Å²) in [5.41, 5.74) is 2.33. The maximum atomic E-state index is 12.5. The maximum Gasteiger partial charge on any atom is 0.251 e. The van der Waals surface area contributed by atoms with Crippen LogP contribution in [0.2, 0.25) is 5.02 Å². The Hall–Kier alpha value is -2.85. The minimum Gasteiger partial charge on any atom is -0.346 e. The molecule has 0 bridgehead atoms. The van der Waals surface area contributed by atoms with E-state index >= 15 is 0 Å². The average Bonchev–Trinajstić information content (AvgIpc) is 2.64. The third-order valence-electron chi connectivity index (χ3n) is 3.81. The van der Waals surface area contributed by atoms with Crippen molar-refractivity contribution in [1.82, 2.24) is 10.3 Å². The Labute approximate surface area is 151 Å². The van der Waals surface area contributed by atoms with Gasteiger partial charge >= 0.3 is 0 Å². The number of anilines is 2. The Morgan fingerprint density at radius 1 is 1.04 bits per heavy atom. The molecular formula is C20H18ClN3O. The van der Waals surface area contributed by atoms with Crippen molar-refractivity contribution in [2.75, 3.05) is 5.32 Å². The summed E-state index contributed by atoms with van der Waals surface area (Å²) in [6, 6.07) is 20.5. The number of carbonyl (C=O) groups is 1. The number of hydrogen-bond donors (Lipinski definition) is 2. The molecule has 5 heteroatoms. The van der Waals surface area contributed by atoms with Crippen molar-refractivity contribution in [2.45, 2.75) is 13.0 Å². The first kappa shape index (κ1) is 17.0. The van der Waals surface area contributed by atoms with Gasteiger partial charge in [0, 0.05) is 11.8 Å². The average molecular weight is 352 g/mol. The molecule has 0 radical (unpaired) electrons. The van der Waals surface area contributed by atoms with Gasteiger partial charge in [-0.3, -0.25) is 4.79 Å². The van der Waals surface area contributed by atoms with Crippen molar-refractivity contribution in [3.05, 3.63) is 89.1 Å². The van der Waals surface area contributed by atoms with Gasteiger partial charge in [0.1, 0.15) is 5.82 Å². The normalized spacial score (nSPS) is 11.6. The molecule has 25 heavy (non-hydrogen) atoms. The first-order valence-corrected chi connectivity index (χ1v) is 8.34. The summed E-state index contributed by atoms with van der Waals surface area (Å²) >= 11 is 6.14. The highest BCUT2D eigenvalue weighted by atomic mass is 35.5. The molecule has 0 aliphatic carbocycles. The summed E-state index contributed by atoms with van der Waals surface area (Å²) in [4.78, 5) is 16.8. The number of nitrogens with one attached hydrogen (secondary N) is 2. The molecular weight excluding hydrogens is 334 g/mol. The van der Waals surface area contributed by atoms with E-state index < -0.39 is 0 Å². The molecule has 3 rings (SSSR count). The standard InChI is InChI=1S/C20H18ClN3O/c1-14(15-7-3-2-4-8-15)23-20(25)16-11-12-22-19(13-16)24-18-10-6-5-9-17(18)21/h2-14H,1H3,(H,22,24)(H,23,25). The van der Waals surface area contributed by atoms with Gasteiger partial charge in [-0.15, -0.1) is 0 Å². The lowest BCUT2D eigenvalue weighted by molar-refractivity contribution is 0.0940. The summed E-state index contributed by atoms with van der Waals surface area (Å²) in [6.07, 6.45) is 1.60. The highest BCUT2D eigenvalue weighted by Crippen LogP contribution is 2.24. The first-order valence-electron chi connectivity index (χ1n) is 7.97. The van der Waals surface area contributed by atoms with Gasteiger partial charge in [-0.25, -0.2) is 4.98 Å². The third-order valence-corrected chi connectivity index (χ3v) is 4.14. The number of rotatable bonds is 5. The van der Waals surface area contributed by atoms with Gasteiger partial charge in [0.2, 0.25) is 0 Å². The van der Waals surface area contributed by atoms with Crippen molar-refractivity contribution >= 4 is 29.0 Å². The number of pyridine rings is 1. The Kier molecular flexibility index (Phi) is 5.31. The van der Waals surface area contributed by atoms with Crippen molar-refractivity contribution in [3.8, 4) is 0 Å². The van der Waals surface area contributed by atoms with E-state index in [0.717, 1.165) is 11.3 Å². The molecule has 0 spiro atoms. The topological polar surface area (TPSA) is 54.0 Å². The SMILES string of the molecule is CC(NC(=O)c1ccnc(Nc2ccccc2Cl)c1)c1ccccc1. The Bertz CT molecular complexity index is 868. The molecule has 0 saturated heterocycles. The van der Waals surface area contributed by atoms with Crippen LogP contribution >= 0.6 is 11.6 Å². The zero-order valence-electron chi connectivity index (χ0n) is 13.7. The van der Waals surface area contributed by atoms with E-state index in [4.69, 9.17) is 11.6 Å². The number of aromatic nitrogens is 1. The highest BCUT2D eigenvalue weighted by Gasteiger charge is 2.12. The zero-order chi connectivity index (χ0) is 17.6.